The van der Waals surface area contributed by atoms with Gasteiger partial charge in [0.1, 0.15) is 4.90 Å². The Hall–Kier alpha value is -0.730. The van der Waals surface area contributed by atoms with E-state index in [2.05, 4.69) is 0 Å². The zero-order valence-corrected chi connectivity index (χ0v) is 13.1. The van der Waals surface area contributed by atoms with Gasteiger partial charge in [-0.05, 0) is 12.1 Å². The standard InChI is InChI=1S/C13H17ClFNO4S/c1-16(9-13(17)5-7-20-8-6-13)21(18,19)11-4-2-3-10(14)12(11)15/h2-4,17H,5-9H2,1H3. The van der Waals surface area contributed by atoms with Crippen LogP contribution < -0.4 is 0 Å². The van der Waals surface area contributed by atoms with Gasteiger partial charge >= 0.3 is 0 Å². The fourth-order valence-corrected chi connectivity index (χ4v) is 3.82. The minimum Gasteiger partial charge on any atom is -0.388 e. The van der Waals surface area contributed by atoms with Crippen molar-refractivity contribution in [2.45, 2.75) is 23.3 Å². The number of benzene rings is 1. The van der Waals surface area contributed by atoms with Crippen LogP contribution in [0.3, 0.4) is 0 Å². The van der Waals surface area contributed by atoms with Crippen LogP contribution in [0.2, 0.25) is 5.02 Å². The van der Waals surface area contributed by atoms with Gasteiger partial charge in [-0.1, -0.05) is 17.7 Å². The van der Waals surface area contributed by atoms with E-state index in [4.69, 9.17) is 16.3 Å². The maximum absolute atomic E-state index is 13.9. The number of nitrogens with zero attached hydrogens (tertiary/aromatic N) is 1. The second kappa shape index (κ2) is 6.18. The lowest BCUT2D eigenvalue weighted by Crippen LogP contribution is -2.47. The number of hydrogen-bond acceptors (Lipinski definition) is 4. The molecule has 0 atom stereocenters. The van der Waals surface area contributed by atoms with Crippen LogP contribution in [0.25, 0.3) is 0 Å². The number of ether oxygens (including phenoxy) is 1. The molecule has 1 aliphatic rings. The number of halogens is 2. The van der Waals surface area contributed by atoms with E-state index in [9.17, 15) is 17.9 Å². The summed E-state index contributed by atoms with van der Waals surface area (Å²) in [4.78, 5) is -0.492. The first-order valence-electron chi connectivity index (χ1n) is 6.47. The minimum absolute atomic E-state index is 0.120. The summed E-state index contributed by atoms with van der Waals surface area (Å²) < 4.78 is 44.8. The largest absolute Gasteiger partial charge is 0.388 e. The Balaban J connectivity index is 2.24. The van der Waals surface area contributed by atoms with Crippen molar-refractivity contribution in [1.82, 2.24) is 4.31 Å². The lowest BCUT2D eigenvalue weighted by molar-refractivity contribution is -0.0689. The highest BCUT2D eigenvalue weighted by Crippen LogP contribution is 2.27. The van der Waals surface area contributed by atoms with Gasteiger partial charge in [-0.25, -0.2) is 12.8 Å². The van der Waals surface area contributed by atoms with Gasteiger partial charge in [-0.2, -0.15) is 4.31 Å². The summed E-state index contributed by atoms with van der Waals surface area (Å²) in [7, 11) is -2.75. The molecule has 0 aliphatic carbocycles. The Bertz CT molecular complexity index is 617. The molecule has 1 fully saturated rings. The molecule has 1 N–H and O–H groups in total. The molecule has 5 nitrogen and oxygen atoms in total. The van der Waals surface area contributed by atoms with Gasteiger partial charge < -0.3 is 9.84 Å². The molecular weight excluding hydrogens is 321 g/mol. The van der Waals surface area contributed by atoms with E-state index in [1.165, 1.54) is 19.2 Å². The predicted octanol–water partition coefficient (Wildman–Crippen LogP) is 1.64. The maximum Gasteiger partial charge on any atom is 0.245 e. The third-order valence-corrected chi connectivity index (χ3v) is 5.66. The van der Waals surface area contributed by atoms with Crippen LogP contribution in [0.15, 0.2) is 23.1 Å². The quantitative estimate of drug-likeness (QED) is 0.907. The van der Waals surface area contributed by atoms with Gasteiger partial charge in [-0.15, -0.1) is 0 Å². The molecule has 0 amide bonds. The molecule has 1 aliphatic heterocycles. The van der Waals surface area contributed by atoms with Gasteiger partial charge in [0.2, 0.25) is 10.0 Å². The molecule has 21 heavy (non-hydrogen) atoms. The Labute approximate surface area is 128 Å². The van der Waals surface area contributed by atoms with Crippen molar-refractivity contribution in [2.75, 3.05) is 26.8 Å². The molecule has 1 aromatic carbocycles. The summed E-state index contributed by atoms with van der Waals surface area (Å²) in [6.07, 6.45) is 0.676. The number of sulfonamides is 1. The summed E-state index contributed by atoms with van der Waals surface area (Å²) in [5, 5.41) is 10.1. The molecule has 0 aromatic heterocycles. The number of aliphatic hydroxyl groups is 1. The van der Waals surface area contributed by atoms with E-state index in [1.807, 2.05) is 0 Å². The average Bonchev–Trinajstić information content (AvgIpc) is 2.42. The van der Waals surface area contributed by atoms with Crippen LogP contribution in [0.4, 0.5) is 4.39 Å². The Morgan fingerprint density at radius 3 is 2.67 bits per heavy atom. The van der Waals surface area contributed by atoms with E-state index in [0.29, 0.717) is 26.1 Å². The Kier molecular flexibility index (Phi) is 4.89. The fraction of sp³-hybridized carbons (Fsp3) is 0.538. The first kappa shape index (κ1) is 16.6. The molecule has 8 heteroatoms. The third-order valence-electron chi connectivity index (χ3n) is 3.54. The van der Waals surface area contributed by atoms with Gasteiger partial charge in [0.05, 0.1) is 10.6 Å². The first-order valence-corrected chi connectivity index (χ1v) is 8.29. The lowest BCUT2D eigenvalue weighted by atomic mass is 9.95. The molecular formula is C13H17ClFNO4S. The van der Waals surface area contributed by atoms with Crippen LogP contribution in [-0.4, -0.2) is 50.2 Å². The van der Waals surface area contributed by atoms with E-state index >= 15 is 0 Å². The highest BCUT2D eigenvalue weighted by Gasteiger charge is 2.36. The molecule has 1 heterocycles. The van der Waals surface area contributed by atoms with Crippen LogP contribution in [-0.2, 0) is 14.8 Å². The van der Waals surface area contributed by atoms with Crippen LogP contribution >= 0.6 is 11.6 Å². The normalized spacial score (nSPS) is 18.9. The Morgan fingerprint density at radius 2 is 2.05 bits per heavy atom. The lowest BCUT2D eigenvalue weighted by Gasteiger charge is -2.35. The predicted molar refractivity (Wildman–Crippen MR) is 76.2 cm³/mol. The zero-order chi connectivity index (χ0) is 15.7. The molecule has 0 radical (unpaired) electrons. The van der Waals surface area contributed by atoms with E-state index in [1.54, 1.807) is 0 Å². The van der Waals surface area contributed by atoms with Gasteiger partial charge in [-0.3, -0.25) is 0 Å². The van der Waals surface area contributed by atoms with Crippen molar-refractivity contribution in [3.8, 4) is 0 Å². The second-order valence-electron chi connectivity index (χ2n) is 5.15. The van der Waals surface area contributed by atoms with Gasteiger partial charge in [0.25, 0.3) is 0 Å². The molecule has 0 saturated carbocycles. The van der Waals surface area contributed by atoms with Crippen molar-refractivity contribution in [3.05, 3.63) is 29.0 Å². The summed E-state index contributed by atoms with van der Waals surface area (Å²) >= 11 is 5.62. The highest BCUT2D eigenvalue weighted by molar-refractivity contribution is 7.89. The van der Waals surface area contributed by atoms with Crippen LogP contribution in [0, 0.1) is 5.82 Å². The average molecular weight is 338 g/mol. The summed E-state index contributed by atoms with van der Waals surface area (Å²) in [6, 6.07) is 3.80. The smallest absolute Gasteiger partial charge is 0.245 e. The highest BCUT2D eigenvalue weighted by atomic mass is 35.5. The van der Waals surface area contributed by atoms with Gasteiger partial charge in [0, 0.05) is 39.6 Å². The number of rotatable bonds is 4. The van der Waals surface area contributed by atoms with Crippen LogP contribution in [0.5, 0.6) is 0 Å². The van der Waals surface area contributed by atoms with Crippen molar-refractivity contribution in [1.29, 1.82) is 0 Å². The second-order valence-corrected chi connectivity index (χ2v) is 7.57. The van der Waals surface area contributed by atoms with E-state index in [-0.39, 0.29) is 11.6 Å². The van der Waals surface area contributed by atoms with Crippen molar-refractivity contribution < 1.29 is 22.7 Å². The van der Waals surface area contributed by atoms with Crippen LogP contribution in [0.1, 0.15) is 12.8 Å². The molecule has 0 bridgehead atoms. The summed E-state index contributed by atoms with van der Waals surface area (Å²) in [5.74, 6) is -0.981. The first-order chi connectivity index (χ1) is 9.76. The summed E-state index contributed by atoms with van der Waals surface area (Å²) in [5.41, 5.74) is -1.16. The SMILES string of the molecule is CN(CC1(O)CCOCC1)S(=O)(=O)c1cccc(Cl)c1F. The number of hydrogen-bond donors (Lipinski definition) is 1. The topological polar surface area (TPSA) is 66.8 Å². The van der Waals surface area contributed by atoms with Crippen molar-refractivity contribution in [3.63, 3.8) is 0 Å². The fourth-order valence-electron chi connectivity index (χ4n) is 2.26. The minimum atomic E-state index is -4.06. The van der Waals surface area contributed by atoms with Gasteiger partial charge in [0.15, 0.2) is 5.82 Å². The molecule has 0 spiro atoms. The van der Waals surface area contributed by atoms with Crippen molar-refractivity contribution >= 4 is 21.6 Å². The molecule has 2 rings (SSSR count). The third kappa shape index (κ3) is 3.54. The van der Waals surface area contributed by atoms with Crippen molar-refractivity contribution in [2.24, 2.45) is 0 Å². The summed E-state index contributed by atoms with van der Waals surface area (Å²) in [6.45, 7) is 0.622. The monoisotopic (exact) mass is 337 g/mol. The Morgan fingerprint density at radius 1 is 1.43 bits per heavy atom. The molecule has 1 aromatic rings. The number of likely N-dealkylation sites (N-methyl/N-ethyl adjacent to an activating group) is 1. The van der Waals surface area contributed by atoms with E-state index < -0.39 is 26.3 Å². The molecule has 0 unspecified atom stereocenters. The zero-order valence-electron chi connectivity index (χ0n) is 11.6. The molecule has 1 saturated heterocycles. The van der Waals surface area contributed by atoms with E-state index in [0.717, 1.165) is 10.4 Å². The maximum atomic E-state index is 13.9. The molecule has 118 valence electrons.